The van der Waals surface area contributed by atoms with Gasteiger partial charge in [-0.1, -0.05) is 60.7 Å². The Bertz CT molecular complexity index is 892. The van der Waals surface area contributed by atoms with Crippen molar-refractivity contribution in [3.05, 3.63) is 71.8 Å². The first-order valence-electron chi connectivity index (χ1n) is 10.5. The molecular formula is C24H27N3O3. The summed E-state index contributed by atoms with van der Waals surface area (Å²) in [5.74, 6) is -0.117. The number of carbonyl (C=O) groups is 3. The molecule has 156 valence electrons. The average Bonchev–Trinajstić information content (AvgIpc) is 3.15. The van der Waals surface area contributed by atoms with E-state index in [9.17, 15) is 14.4 Å². The molecule has 6 nitrogen and oxygen atoms in total. The third-order valence-corrected chi connectivity index (χ3v) is 5.92. The van der Waals surface area contributed by atoms with Crippen LogP contribution in [0.4, 0.5) is 0 Å². The van der Waals surface area contributed by atoms with Crippen LogP contribution >= 0.6 is 0 Å². The summed E-state index contributed by atoms with van der Waals surface area (Å²) in [7, 11) is 0. The van der Waals surface area contributed by atoms with Crippen LogP contribution in [-0.4, -0.2) is 65.1 Å². The van der Waals surface area contributed by atoms with Gasteiger partial charge in [0.1, 0.15) is 0 Å². The van der Waals surface area contributed by atoms with Gasteiger partial charge in [0.2, 0.25) is 17.7 Å². The van der Waals surface area contributed by atoms with Crippen LogP contribution in [0.3, 0.4) is 0 Å². The number of hydrogen-bond donors (Lipinski definition) is 0. The lowest BCUT2D eigenvalue weighted by atomic mass is 10.1. The van der Waals surface area contributed by atoms with Gasteiger partial charge < -0.3 is 14.7 Å². The second-order valence-electron chi connectivity index (χ2n) is 8.03. The van der Waals surface area contributed by atoms with Gasteiger partial charge in [0.25, 0.3) is 0 Å². The van der Waals surface area contributed by atoms with Crippen LogP contribution in [-0.2, 0) is 27.3 Å². The maximum atomic E-state index is 13.0. The molecule has 1 unspecified atom stereocenters. The van der Waals surface area contributed by atoms with Crippen LogP contribution in [0.25, 0.3) is 0 Å². The van der Waals surface area contributed by atoms with Gasteiger partial charge in [-0.05, 0) is 11.1 Å². The van der Waals surface area contributed by atoms with Gasteiger partial charge in [0.05, 0.1) is 12.3 Å². The van der Waals surface area contributed by atoms with Crippen LogP contribution < -0.4 is 0 Å². The van der Waals surface area contributed by atoms with Crippen LogP contribution in [0.5, 0.6) is 0 Å². The number of rotatable bonds is 5. The third kappa shape index (κ3) is 4.70. The minimum absolute atomic E-state index is 0.0360. The topological polar surface area (TPSA) is 60.9 Å². The Morgan fingerprint density at radius 3 is 2.00 bits per heavy atom. The van der Waals surface area contributed by atoms with Crippen molar-refractivity contribution in [2.75, 3.05) is 32.7 Å². The predicted molar refractivity (Wildman–Crippen MR) is 113 cm³/mol. The van der Waals surface area contributed by atoms with Crippen molar-refractivity contribution < 1.29 is 14.4 Å². The van der Waals surface area contributed by atoms with E-state index in [1.54, 1.807) is 4.90 Å². The van der Waals surface area contributed by atoms with Crippen molar-refractivity contribution in [3.63, 3.8) is 0 Å². The van der Waals surface area contributed by atoms with Gasteiger partial charge >= 0.3 is 0 Å². The Morgan fingerprint density at radius 1 is 0.800 bits per heavy atom. The van der Waals surface area contributed by atoms with E-state index in [1.807, 2.05) is 70.5 Å². The van der Waals surface area contributed by atoms with Crippen molar-refractivity contribution in [2.24, 2.45) is 5.92 Å². The molecule has 2 fully saturated rings. The van der Waals surface area contributed by atoms with Crippen LogP contribution in [0.1, 0.15) is 17.5 Å². The molecule has 2 aliphatic heterocycles. The number of piperazine rings is 1. The van der Waals surface area contributed by atoms with Gasteiger partial charge in [-0.2, -0.15) is 0 Å². The molecule has 0 bridgehead atoms. The molecule has 30 heavy (non-hydrogen) atoms. The molecule has 2 heterocycles. The molecule has 2 aliphatic rings. The Kier molecular flexibility index (Phi) is 6.12. The third-order valence-electron chi connectivity index (χ3n) is 5.92. The van der Waals surface area contributed by atoms with Gasteiger partial charge in [-0.3, -0.25) is 14.4 Å². The van der Waals surface area contributed by atoms with Crippen LogP contribution in [0, 0.1) is 5.92 Å². The largest absolute Gasteiger partial charge is 0.339 e. The number of carbonyl (C=O) groups excluding carboxylic acids is 3. The fourth-order valence-corrected chi connectivity index (χ4v) is 4.21. The maximum Gasteiger partial charge on any atom is 0.228 e. The molecule has 0 N–H and O–H groups in total. The molecule has 0 spiro atoms. The quantitative estimate of drug-likeness (QED) is 0.764. The van der Waals surface area contributed by atoms with Gasteiger partial charge in [-0.25, -0.2) is 0 Å². The number of nitrogens with zero attached hydrogens (tertiary/aromatic N) is 3. The highest BCUT2D eigenvalue weighted by molar-refractivity contribution is 5.89. The summed E-state index contributed by atoms with van der Waals surface area (Å²) < 4.78 is 0. The van der Waals surface area contributed by atoms with Gasteiger partial charge in [-0.15, -0.1) is 0 Å². The van der Waals surface area contributed by atoms with Gasteiger partial charge in [0.15, 0.2) is 0 Å². The summed E-state index contributed by atoms with van der Waals surface area (Å²) in [5, 5.41) is 0. The zero-order valence-corrected chi connectivity index (χ0v) is 17.1. The lowest BCUT2D eigenvalue weighted by Gasteiger charge is -2.36. The minimum atomic E-state index is -0.284. The average molecular weight is 405 g/mol. The van der Waals surface area contributed by atoms with Gasteiger partial charge in [0, 0.05) is 45.7 Å². The summed E-state index contributed by atoms with van der Waals surface area (Å²) in [5.41, 5.74) is 2.08. The SMILES string of the molecule is O=C(Cc1ccccc1)N1CCN(C(=O)C2CC(=O)N(Cc3ccccc3)C2)CC1. The van der Waals surface area contributed by atoms with E-state index in [1.165, 1.54) is 0 Å². The summed E-state index contributed by atoms with van der Waals surface area (Å²) in [6.07, 6.45) is 0.666. The fraction of sp³-hybridized carbons (Fsp3) is 0.375. The zero-order chi connectivity index (χ0) is 20.9. The Morgan fingerprint density at radius 2 is 1.37 bits per heavy atom. The lowest BCUT2D eigenvalue weighted by molar-refractivity contribution is -0.141. The summed E-state index contributed by atoms with van der Waals surface area (Å²) in [6, 6.07) is 19.6. The molecule has 0 saturated carbocycles. The fourth-order valence-electron chi connectivity index (χ4n) is 4.21. The first-order chi connectivity index (χ1) is 14.6. The summed E-state index contributed by atoms with van der Waals surface area (Å²) in [6.45, 7) is 3.17. The molecule has 3 amide bonds. The van der Waals surface area contributed by atoms with E-state index >= 15 is 0 Å². The molecule has 0 aromatic heterocycles. The maximum absolute atomic E-state index is 13.0. The van der Waals surface area contributed by atoms with Crippen LogP contribution in [0.15, 0.2) is 60.7 Å². The van der Waals surface area contributed by atoms with Crippen molar-refractivity contribution in [2.45, 2.75) is 19.4 Å². The molecule has 1 atom stereocenters. The number of amides is 3. The summed E-state index contributed by atoms with van der Waals surface area (Å²) >= 11 is 0. The van der Waals surface area contributed by atoms with Crippen molar-refractivity contribution in [1.82, 2.24) is 14.7 Å². The van der Waals surface area contributed by atoms with Crippen molar-refractivity contribution in [3.8, 4) is 0 Å². The normalized spacial score (nSPS) is 19.3. The van der Waals surface area contributed by atoms with E-state index < -0.39 is 0 Å². The highest BCUT2D eigenvalue weighted by Crippen LogP contribution is 2.23. The predicted octanol–water partition coefficient (Wildman–Crippen LogP) is 1.95. The summed E-state index contributed by atoms with van der Waals surface area (Å²) in [4.78, 5) is 43.3. The number of likely N-dealkylation sites (tertiary alicyclic amines) is 1. The minimum Gasteiger partial charge on any atom is -0.339 e. The van der Waals surface area contributed by atoms with Crippen molar-refractivity contribution >= 4 is 17.7 Å². The number of hydrogen-bond acceptors (Lipinski definition) is 3. The van der Waals surface area contributed by atoms with Crippen molar-refractivity contribution in [1.29, 1.82) is 0 Å². The number of benzene rings is 2. The molecule has 2 aromatic carbocycles. The molecule has 0 radical (unpaired) electrons. The van der Waals surface area contributed by atoms with E-state index in [2.05, 4.69) is 0 Å². The molecule has 2 aromatic rings. The van der Waals surface area contributed by atoms with E-state index in [4.69, 9.17) is 0 Å². The molecule has 6 heteroatoms. The Balaban J connectivity index is 1.27. The molecular weight excluding hydrogens is 378 g/mol. The second kappa shape index (κ2) is 9.11. The van der Waals surface area contributed by atoms with E-state index in [-0.39, 0.29) is 30.1 Å². The standard InChI is InChI=1S/C24H27N3O3/c28-22(15-19-7-3-1-4-8-19)25-11-13-26(14-12-25)24(30)21-16-23(29)27(18-21)17-20-9-5-2-6-10-20/h1-10,21H,11-18H2. The highest BCUT2D eigenvalue weighted by atomic mass is 16.2. The molecule has 0 aliphatic carbocycles. The van der Waals surface area contributed by atoms with E-state index in [0.29, 0.717) is 45.7 Å². The monoisotopic (exact) mass is 405 g/mol. The molecule has 2 saturated heterocycles. The van der Waals surface area contributed by atoms with E-state index in [0.717, 1.165) is 11.1 Å². The first-order valence-corrected chi connectivity index (χ1v) is 10.5. The zero-order valence-electron chi connectivity index (χ0n) is 17.1. The smallest absolute Gasteiger partial charge is 0.228 e. The Hall–Kier alpha value is -3.15. The second-order valence-corrected chi connectivity index (χ2v) is 8.03. The van der Waals surface area contributed by atoms with Crippen LogP contribution in [0.2, 0.25) is 0 Å². The highest BCUT2D eigenvalue weighted by Gasteiger charge is 2.37. The Labute approximate surface area is 177 Å². The molecule has 4 rings (SSSR count). The lowest BCUT2D eigenvalue weighted by Crippen LogP contribution is -2.52. The first kappa shape index (κ1) is 20.1.